The van der Waals surface area contributed by atoms with Gasteiger partial charge in [0.05, 0.1) is 5.56 Å². The molecule has 0 N–H and O–H groups in total. The molecule has 0 aromatic heterocycles. The van der Waals surface area contributed by atoms with Crippen molar-refractivity contribution in [3.05, 3.63) is 83.2 Å². The minimum Gasteiger partial charge on any atom is -0.426 e. The van der Waals surface area contributed by atoms with Gasteiger partial charge in [0.2, 0.25) is 0 Å². The molecule has 3 aromatic rings. The molecule has 26 heavy (non-hydrogen) atoms. The van der Waals surface area contributed by atoms with Crippen molar-refractivity contribution in [2.45, 2.75) is 26.4 Å². The maximum atomic E-state index is 14.4. The van der Waals surface area contributed by atoms with Crippen LogP contribution in [0.4, 0.5) is 13.2 Å². The second-order valence-corrected chi connectivity index (χ2v) is 6.06. The van der Waals surface area contributed by atoms with Gasteiger partial charge in [0.25, 0.3) is 0 Å². The van der Waals surface area contributed by atoms with Crippen LogP contribution in [0.1, 0.15) is 30.5 Å². The van der Waals surface area contributed by atoms with E-state index in [0.29, 0.717) is 10.8 Å². The maximum absolute atomic E-state index is 14.4. The van der Waals surface area contributed by atoms with Gasteiger partial charge < -0.3 is 4.74 Å². The molecule has 0 saturated carbocycles. The van der Waals surface area contributed by atoms with Crippen molar-refractivity contribution in [3.63, 3.8) is 0 Å². The van der Waals surface area contributed by atoms with Crippen LogP contribution in [0.3, 0.4) is 0 Å². The van der Waals surface area contributed by atoms with Crippen molar-refractivity contribution in [3.8, 4) is 5.75 Å². The Morgan fingerprint density at radius 3 is 2.35 bits per heavy atom. The average Bonchev–Trinajstić information content (AvgIpc) is 2.62. The molecule has 0 amide bonds. The van der Waals surface area contributed by atoms with Crippen molar-refractivity contribution in [1.82, 2.24) is 0 Å². The van der Waals surface area contributed by atoms with Crippen LogP contribution in [0.25, 0.3) is 16.8 Å². The van der Waals surface area contributed by atoms with Gasteiger partial charge in [0, 0.05) is 0 Å². The second kappa shape index (κ2) is 7.24. The smallest absolute Gasteiger partial charge is 0.426 e. The largest absolute Gasteiger partial charge is 0.426 e. The quantitative estimate of drug-likeness (QED) is 0.494. The zero-order valence-electron chi connectivity index (χ0n) is 14.6. The fraction of sp³-hybridized carbons (Fsp3) is 0.182. The molecule has 4 heteroatoms. The molecule has 0 heterocycles. The van der Waals surface area contributed by atoms with Crippen LogP contribution in [-0.4, -0.2) is 0 Å². The highest BCUT2D eigenvalue weighted by Gasteiger charge is 2.35. The number of allylic oxidation sites excluding steroid dienone is 1. The third-order valence-corrected chi connectivity index (χ3v) is 4.21. The summed E-state index contributed by atoms with van der Waals surface area (Å²) in [5.41, 5.74) is 1.55. The fourth-order valence-electron chi connectivity index (χ4n) is 2.77. The Kier molecular flexibility index (Phi) is 5.03. The SMILES string of the molecule is C/C=C/c1ccc2cc(OC(F)(F)c3ccc(CC)cc3)c(F)cc2c1. The molecular weight excluding hydrogens is 337 g/mol. The van der Waals surface area contributed by atoms with Gasteiger partial charge in [-0.05, 0) is 65.6 Å². The summed E-state index contributed by atoms with van der Waals surface area (Å²) in [4.78, 5) is 0. The summed E-state index contributed by atoms with van der Waals surface area (Å²) in [6.07, 6.45) is 0.891. The van der Waals surface area contributed by atoms with E-state index in [2.05, 4.69) is 0 Å². The number of hydrogen-bond acceptors (Lipinski definition) is 1. The highest BCUT2D eigenvalue weighted by atomic mass is 19.3. The minimum atomic E-state index is -3.62. The molecule has 1 nitrogen and oxygen atoms in total. The van der Waals surface area contributed by atoms with Crippen LogP contribution in [0.5, 0.6) is 5.75 Å². The molecule has 0 radical (unpaired) electrons. The normalized spacial score (nSPS) is 12.0. The number of halogens is 3. The van der Waals surface area contributed by atoms with Gasteiger partial charge in [-0.15, -0.1) is 0 Å². The molecule has 3 aromatic carbocycles. The zero-order valence-corrected chi connectivity index (χ0v) is 14.6. The molecular formula is C22H19F3O. The van der Waals surface area contributed by atoms with E-state index in [1.807, 2.05) is 32.1 Å². The number of aryl methyl sites for hydroxylation is 1. The number of benzene rings is 3. The molecule has 0 fully saturated rings. The topological polar surface area (TPSA) is 9.23 Å². The van der Waals surface area contributed by atoms with Crippen molar-refractivity contribution in [1.29, 1.82) is 0 Å². The van der Waals surface area contributed by atoms with Crippen LogP contribution in [0, 0.1) is 5.82 Å². The number of rotatable bonds is 5. The van der Waals surface area contributed by atoms with Gasteiger partial charge in [-0.3, -0.25) is 0 Å². The van der Waals surface area contributed by atoms with Crippen molar-refractivity contribution in [2.24, 2.45) is 0 Å². The van der Waals surface area contributed by atoms with E-state index in [0.717, 1.165) is 17.5 Å². The first kappa shape index (κ1) is 18.1. The first-order valence-electron chi connectivity index (χ1n) is 8.45. The van der Waals surface area contributed by atoms with Crippen LogP contribution >= 0.6 is 0 Å². The van der Waals surface area contributed by atoms with E-state index in [9.17, 15) is 13.2 Å². The summed E-state index contributed by atoms with van der Waals surface area (Å²) in [6, 6.07) is 13.8. The summed E-state index contributed by atoms with van der Waals surface area (Å²) >= 11 is 0. The van der Waals surface area contributed by atoms with Gasteiger partial charge in [-0.2, -0.15) is 8.78 Å². The average molecular weight is 356 g/mol. The summed E-state index contributed by atoms with van der Waals surface area (Å²) in [7, 11) is 0. The minimum absolute atomic E-state index is 0.308. The van der Waals surface area contributed by atoms with Crippen LogP contribution < -0.4 is 4.74 Å². The fourth-order valence-corrected chi connectivity index (χ4v) is 2.77. The Morgan fingerprint density at radius 1 is 0.962 bits per heavy atom. The second-order valence-electron chi connectivity index (χ2n) is 6.06. The Bertz CT molecular complexity index is 944. The van der Waals surface area contributed by atoms with E-state index in [-0.39, 0.29) is 5.56 Å². The van der Waals surface area contributed by atoms with Crippen LogP contribution in [0.2, 0.25) is 0 Å². The highest BCUT2D eigenvalue weighted by molar-refractivity contribution is 5.86. The first-order valence-corrected chi connectivity index (χ1v) is 8.45. The predicted octanol–water partition coefficient (Wildman–Crippen LogP) is 6.70. The zero-order chi connectivity index (χ0) is 18.7. The van der Waals surface area contributed by atoms with E-state index in [1.165, 1.54) is 24.3 Å². The monoisotopic (exact) mass is 356 g/mol. The van der Waals surface area contributed by atoms with E-state index in [4.69, 9.17) is 4.74 Å². The lowest BCUT2D eigenvalue weighted by molar-refractivity contribution is -0.186. The predicted molar refractivity (Wildman–Crippen MR) is 99.0 cm³/mol. The summed E-state index contributed by atoms with van der Waals surface area (Å²) in [6.45, 7) is 3.83. The molecule has 134 valence electrons. The number of ether oxygens (including phenoxy) is 1. The van der Waals surface area contributed by atoms with Gasteiger partial charge in [0.1, 0.15) is 0 Å². The van der Waals surface area contributed by atoms with Crippen LogP contribution in [0.15, 0.2) is 60.7 Å². The number of hydrogen-bond donors (Lipinski definition) is 0. The molecule has 0 aliphatic carbocycles. The summed E-state index contributed by atoms with van der Waals surface area (Å²) in [5, 5.41) is 1.26. The molecule has 0 saturated heterocycles. The summed E-state index contributed by atoms with van der Waals surface area (Å²) in [5.74, 6) is -1.29. The lowest BCUT2D eigenvalue weighted by Crippen LogP contribution is -2.22. The third kappa shape index (κ3) is 3.74. The lowest BCUT2D eigenvalue weighted by atomic mass is 10.1. The maximum Gasteiger partial charge on any atom is 0.426 e. The highest BCUT2D eigenvalue weighted by Crippen LogP contribution is 2.35. The van der Waals surface area contributed by atoms with Gasteiger partial charge in [-0.25, -0.2) is 4.39 Å². The molecule has 0 bridgehead atoms. The first-order chi connectivity index (χ1) is 12.4. The molecule has 0 atom stereocenters. The Morgan fingerprint density at radius 2 is 1.69 bits per heavy atom. The van der Waals surface area contributed by atoms with Gasteiger partial charge in [0.15, 0.2) is 11.6 Å². The van der Waals surface area contributed by atoms with Crippen molar-refractivity contribution < 1.29 is 17.9 Å². The number of alkyl halides is 2. The van der Waals surface area contributed by atoms with Crippen molar-refractivity contribution in [2.75, 3.05) is 0 Å². The Hall–Kier alpha value is -2.75. The number of fused-ring (bicyclic) bond motifs is 1. The Balaban J connectivity index is 1.93. The van der Waals surface area contributed by atoms with E-state index in [1.54, 1.807) is 24.3 Å². The van der Waals surface area contributed by atoms with Crippen LogP contribution in [-0.2, 0) is 12.5 Å². The molecule has 0 aliphatic rings. The van der Waals surface area contributed by atoms with E-state index >= 15 is 0 Å². The molecule has 0 aliphatic heterocycles. The molecule has 0 unspecified atom stereocenters. The van der Waals surface area contributed by atoms with Crippen molar-refractivity contribution >= 4 is 16.8 Å². The summed E-state index contributed by atoms with van der Waals surface area (Å²) < 4.78 is 47.9. The third-order valence-electron chi connectivity index (χ3n) is 4.21. The van der Waals surface area contributed by atoms with Gasteiger partial charge >= 0.3 is 6.11 Å². The molecule has 0 spiro atoms. The lowest BCUT2D eigenvalue weighted by Gasteiger charge is -2.19. The molecule has 3 rings (SSSR count). The van der Waals surface area contributed by atoms with Gasteiger partial charge in [-0.1, -0.05) is 43.3 Å². The standard InChI is InChI=1S/C22H19F3O/c1-3-5-16-6-9-17-14-21(20(23)13-18(17)12-16)26-22(24,25)19-10-7-15(4-2)8-11-19/h3,5-14H,4H2,1-2H3/b5-3+. The van der Waals surface area contributed by atoms with E-state index < -0.39 is 17.7 Å². The Labute approximate surface area is 150 Å².